The number of aromatic nitrogens is 3. The lowest BCUT2D eigenvalue weighted by molar-refractivity contribution is 0.102. The number of halogens is 3. The standard InChI is InChI=1S/C20H16ClF2N3O2S/c21-14-3-1-2-4-18(14)28-10-19-24-25-20(26(19)13-6-7-13)29-11-17(27)12-5-8-15(22)16(23)9-12/h1-5,8-9,13H,6-7,10-11H2. The summed E-state index contributed by atoms with van der Waals surface area (Å²) in [7, 11) is 0. The highest BCUT2D eigenvalue weighted by atomic mass is 35.5. The van der Waals surface area contributed by atoms with Crippen LogP contribution in [0.25, 0.3) is 0 Å². The molecule has 29 heavy (non-hydrogen) atoms. The van der Waals surface area contributed by atoms with Crippen molar-refractivity contribution in [3.05, 3.63) is 70.5 Å². The van der Waals surface area contributed by atoms with Crippen LogP contribution >= 0.6 is 23.4 Å². The molecule has 5 nitrogen and oxygen atoms in total. The maximum absolute atomic E-state index is 13.4. The molecule has 0 saturated heterocycles. The van der Waals surface area contributed by atoms with Crippen LogP contribution in [-0.4, -0.2) is 26.3 Å². The first-order chi connectivity index (χ1) is 14.0. The summed E-state index contributed by atoms with van der Waals surface area (Å²) in [6.45, 7) is 0.199. The monoisotopic (exact) mass is 435 g/mol. The molecule has 1 aromatic heterocycles. The van der Waals surface area contributed by atoms with Gasteiger partial charge in [-0.2, -0.15) is 0 Å². The van der Waals surface area contributed by atoms with Gasteiger partial charge in [0.25, 0.3) is 0 Å². The summed E-state index contributed by atoms with van der Waals surface area (Å²) >= 11 is 7.33. The molecule has 9 heteroatoms. The van der Waals surface area contributed by atoms with Crippen molar-refractivity contribution in [1.29, 1.82) is 0 Å². The average Bonchev–Trinajstić information content (AvgIpc) is 3.47. The van der Waals surface area contributed by atoms with E-state index in [4.69, 9.17) is 16.3 Å². The van der Waals surface area contributed by atoms with Gasteiger partial charge >= 0.3 is 0 Å². The highest BCUT2D eigenvalue weighted by Gasteiger charge is 2.30. The van der Waals surface area contributed by atoms with Gasteiger partial charge in [0.15, 0.2) is 28.4 Å². The Labute approximate surface area is 175 Å². The Kier molecular flexibility index (Phi) is 5.82. The number of ether oxygens (including phenoxy) is 1. The number of nitrogens with zero attached hydrogens (tertiary/aromatic N) is 3. The van der Waals surface area contributed by atoms with Crippen molar-refractivity contribution in [2.75, 3.05) is 5.75 Å². The molecule has 0 spiro atoms. The Morgan fingerprint density at radius 2 is 1.97 bits per heavy atom. The lowest BCUT2D eigenvalue weighted by Gasteiger charge is -2.10. The molecule has 1 fully saturated rings. The molecular weight excluding hydrogens is 420 g/mol. The molecule has 0 aliphatic heterocycles. The predicted octanol–water partition coefficient (Wildman–Crippen LogP) is 5.10. The fraction of sp³-hybridized carbons (Fsp3) is 0.250. The van der Waals surface area contributed by atoms with Crippen LogP contribution in [0.2, 0.25) is 5.02 Å². The van der Waals surface area contributed by atoms with Crippen LogP contribution in [0.4, 0.5) is 8.78 Å². The third kappa shape index (κ3) is 4.59. The number of para-hydroxylation sites is 1. The Morgan fingerprint density at radius 1 is 1.17 bits per heavy atom. The predicted molar refractivity (Wildman–Crippen MR) is 105 cm³/mol. The fourth-order valence-corrected chi connectivity index (χ4v) is 3.90. The number of rotatable bonds is 8. The first kappa shape index (κ1) is 19.8. The van der Waals surface area contributed by atoms with Crippen LogP contribution in [-0.2, 0) is 6.61 Å². The van der Waals surface area contributed by atoms with Crippen LogP contribution in [0.1, 0.15) is 35.1 Å². The highest BCUT2D eigenvalue weighted by Crippen LogP contribution is 2.39. The quantitative estimate of drug-likeness (QED) is 0.364. The van der Waals surface area contributed by atoms with Gasteiger partial charge in [-0.05, 0) is 43.2 Å². The molecule has 1 saturated carbocycles. The topological polar surface area (TPSA) is 57.0 Å². The van der Waals surface area contributed by atoms with Crippen LogP contribution in [0.15, 0.2) is 47.6 Å². The average molecular weight is 436 g/mol. The van der Waals surface area contributed by atoms with Crippen molar-refractivity contribution in [2.24, 2.45) is 0 Å². The van der Waals surface area contributed by atoms with E-state index in [1.165, 1.54) is 17.8 Å². The lowest BCUT2D eigenvalue weighted by Crippen LogP contribution is -2.09. The van der Waals surface area contributed by atoms with Gasteiger partial charge in [-0.25, -0.2) is 8.78 Å². The van der Waals surface area contributed by atoms with Crippen LogP contribution in [0, 0.1) is 11.6 Å². The summed E-state index contributed by atoms with van der Waals surface area (Å²) in [5, 5.41) is 9.50. The Morgan fingerprint density at radius 3 is 2.69 bits per heavy atom. The summed E-state index contributed by atoms with van der Waals surface area (Å²) in [6.07, 6.45) is 2.00. The Hall–Kier alpha value is -2.45. The minimum atomic E-state index is -1.04. The number of hydrogen-bond acceptors (Lipinski definition) is 5. The summed E-state index contributed by atoms with van der Waals surface area (Å²) in [5.41, 5.74) is 0.121. The van der Waals surface area contributed by atoms with Crippen LogP contribution in [0.3, 0.4) is 0 Å². The van der Waals surface area contributed by atoms with E-state index < -0.39 is 11.6 Å². The molecule has 1 aliphatic carbocycles. The maximum Gasteiger partial charge on any atom is 0.192 e. The molecule has 0 unspecified atom stereocenters. The van der Waals surface area contributed by atoms with Gasteiger partial charge in [0.1, 0.15) is 12.4 Å². The van der Waals surface area contributed by atoms with Gasteiger partial charge in [0.2, 0.25) is 0 Å². The molecule has 0 bridgehead atoms. The van der Waals surface area contributed by atoms with E-state index >= 15 is 0 Å². The van der Waals surface area contributed by atoms with Crippen molar-refractivity contribution < 1.29 is 18.3 Å². The molecule has 1 heterocycles. The third-order valence-electron chi connectivity index (χ3n) is 4.41. The molecule has 150 valence electrons. The van der Waals surface area contributed by atoms with Gasteiger partial charge in [-0.15, -0.1) is 10.2 Å². The van der Waals surface area contributed by atoms with E-state index in [-0.39, 0.29) is 29.7 Å². The number of ketones is 1. The lowest BCUT2D eigenvalue weighted by atomic mass is 10.1. The van der Waals surface area contributed by atoms with Gasteiger partial charge in [-0.1, -0.05) is 35.5 Å². The third-order valence-corrected chi connectivity index (χ3v) is 5.67. The number of carbonyl (C=O) groups excluding carboxylic acids is 1. The summed E-state index contributed by atoms with van der Waals surface area (Å²) in [6, 6.07) is 10.6. The Bertz CT molecular complexity index is 1060. The van der Waals surface area contributed by atoms with Gasteiger partial charge in [-0.3, -0.25) is 9.36 Å². The Balaban J connectivity index is 1.45. The SMILES string of the molecule is O=C(CSc1nnc(COc2ccccc2Cl)n1C1CC1)c1ccc(F)c(F)c1. The number of Topliss-reactive ketones (excluding diaryl/α,β-unsaturated/α-hetero) is 1. The zero-order valence-corrected chi connectivity index (χ0v) is 16.7. The molecule has 3 aromatic rings. The summed E-state index contributed by atoms with van der Waals surface area (Å²) < 4.78 is 34.1. The summed E-state index contributed by atoms with van der Waals surface area (Å²) in [5.74, 6) is -1.08. The number of thioether (sulfide) groups is 1. The molecule has 0 radical (unpaired) electrons. The maximum atomic E-state index is 13.4. The van der Waals surface area contributed by atoms with Crippen molar-refractivity contribution >= 4 is 29.1 Å². The molecular formula is C20H16ClF2N3O2S. The van der Waals surface area contributed by atoms with Crippen LogP contribution in [0.5, 0.6) is 5.75 Å². The normalized spacial score (nSPS) is 13.5. The van der Waals surface area contributed by atoms with E-state index in [1.807, 2.05) is 16.7 Å². The first-order valence-corrected chi connectivity index (χ1v) is 10.3. The minimum Gasteiger partial charge on any atom is -0.484 e. The molecule has 2 aromatic carbocycles. The van der Waals surface area contributed by atoms with Crippen molar-refractivity contribution in [2.45, 2.75) is 30.6 Å². The number of carbonyl (C=O) groups is 1. The summed E-state index contributed by atoms with van der Waals surface area (Å²) in [4.78, 5) is 12.3. The fourth-order valence-electron chi connectivity index (χ4n) is 2.79. The number of benzene rings is 2. The smallest absolute Gasteiger partial charge is 0.192 e. The first-order valence-electron chi connectivity index (χ1n) is 8.95. The molecule has 0 amide bonds. The van der Waals surface area contributed by atoms with Crippen molar-refractivity contribution in [3.63, 3.8) is 0 Å². The van der Waals surface area contributed by atoms with E-state index in [0.29, 0.717) is 21.8 Å². The van der Waals surface area contributed by atoms with E-state index in [0.717, 1.165) is 25.0 Å². The zero-order chi connectivity index (χ0) is 20.4. The second-order valence-corrected chi connectivity index (χ2v) is 7.91. The zero-order valence-electron chi connectivity index (χ0n) is 15.1. The van der Waals surface area contributed by atoms with E-state index in [1.54, 1.807) is 12.1 Å². The minimum absolute atomic E-state index is 0.0430. The highest BCUT2D eigenvalue weighted by molar-refractivity contribution is 7.99. The van der Waals surface area contributed by atoms with E-state index in [2.05, 4.69) is 10.2 Å². The second-order valence-electron chi connectivity index (χ2n) is 6.56. The molecule has 1 aliphatic rings. The van der Waals surface area contributed by atoms with Crippen LogP contribution < -0.4 is 4.74 Å². The van der Waals surface area contributed by atoms with Crippen molar-refractivity contribution in [1.82, 2.24) is 14.8 Å². The molecule has 0 atom stereocenters. The van der Waals surface area contributed by atoms with Gasteiger partial charge < -0.3 is 4.74 Å². The second kappa shape index (κ2) is 8.51. The van der Waals surface area contributed by atoms with Crippen molar-refractivity contribution in [3.8, 4) is 5.75 Å². The van der Waals surface area contributed by atoms with Gasteiger partial charge in [0, 0.05) is 11.6 Å². The van der Waals surface area contributed by atoms with E-state index in [9.17, 15) is 13.6 Å². The molecule has 0 N–H and O–H groups in total. The molecule has 4 rings (SSSR count). The largest absolute Gasteiger partial charge is 0.484 e. The van der Waals surface area contributed by atoms with Gasteiger partial charge in [0.05, 0.1) is 10.8 Å². The number of hydrogen-bond donors (Lipinski definition) is 0.